The first-order valence-electron chi connectivity index (χ1n) is 7.76. The van der Waals surface area contributed by atoms with Crippen LogP contribution in [-0.4, -0.2) is 61.8 Å². The number of hydrogen-bond acceptors (Lipinski definition) is 4. The minimum Gasteiger partial charge on any atom is -0.383 e. The standard InChI is InChI=1S/C15H29N3OS/c1-13-4-6-15(7-5-13)12-20-14(17-15)16-8-9-18(2)10-11-19-3/h13H,4-12H2,1-3H3,(H,16,17). The number of nitrogens with zero attached hydrogens (tertiary/aromatic N) is 2. The second-order valence-corrected chi connectivity index (χ2v) is 7.32. The molecule has 1 aliphatic heterocycles. The van der Waals surface area contributed by atoms with E-state index in [1.165, 1.54) is 36.6 Å². The Morgan fingerprint density at radius 1 is 1.40 bits per heavy atom. The van der Waals surface area contributed by atoms with Crippen LogP contribution in [0.1, 0.15) is 32.6 Å². The van der Waals surface area contributed by atoms with Gasteiger partial charge in [0.2, 0.25) is 0 Å². The molecule has 0 aromatic carbocycles. The fourth-order valence-corrected chi connectivity index (χ4v) is 4.10. The molecule has 2 rings (SSSR count). The third kappa shape index (κ3) is 4.64. The van der Waals surface area contributed by atoms with Crippen molar-refractivity contribution in [2.24, 2.45) is 10.9 Å². The van der Waals surface area contributed by atoms with Gasteiger partial charge in [-0.15, -0.1) is 0 Å². The van der Waals surface area contributed by atoms with E-state index >= 15 is 0 Å². The monoisotopic (exact) mass is 299 g/mol. The third-order valence-electron chi connectivity index (χ3n) is 4.50. The highest BCUT2D eigenvalue weighted by Gasteiger charge is 2.39. The maximum Gasteiger partial charge on any atom is 0.157 e. The van der Waals surface area contributed by atoms with Gasteiger partial charge in [-0.3, -0.25) is 4.99 Å². The van der Waals surface area contributed by atoms with Crippen molar-refractivity contribution >= 4 is 16.9 Å². The molecule has 4 nitrogen and oxygen atoms in total. The molecule has 0 aromatic rings. The zero-order chi connectivity index (χ0) is 14.4. The van der Waals surface area contributed by atoms with Crippen molar-refractivity contribution < 1.29 is 4.74 Å². The van der Waals surface area contributed by atoms with Crippen molar-refractivity contribution in [2.75, 3.05) is 46.2 Å². The van der Waals surface area contributed by atoms with Crippen LogP contribution in [0.3, 0.4) is 0 Å². The SMILES string of the molecule is COCCN(C)CCN=C1NC2(CCC(C)CC2)CS1. The molecule has 0 unspecified atom stereocenters. The lowest BCUT2D eigenvalue weighted by molar-refractivity contribution is 0.163. The van der Waals surface area contributed by atoms with Crippen molar-refractivity contribution in [3.8, 4) is 0 Å². The highest BCUT2D eigenvalue weighted by atomic mass is 32.2. The lowest BCUT2D eigenvalue weighted by Gasteiger charge is -2.35. The second kappa shape index (κ2) is 7.66. The van der Waals surface area contributed by atoms with E-state index in [1.54, 1.807) is 7.11 Å². The Labute approximate surface area is 127 Å². The molecule has 1 spiro atoms. The van der Waals surface area contributed by atoms with E-state index in [4.69, 9.17) is 9.73 Å². The van der Waals surface area contributed by atoms with Gasteiger partial charge in [0.15, 0.2) is 5.17 Å². The number of likely N-dealkylation sites (N-methyl/N-ethyl adjacent to an activating group) is 1. The fraction of sp³-hybridized carbons (Fsp3) is 0.933. The van der Waals surface area contributed by atoms with Gasteiger partial charge < -0.3 is 15.0 Å². The molecule has 5 heteroatoms. The molecule has 0 radical (unpaired) electrons. The molecule has 0 atom stereocenters. The number of rotatable bonds is 6. The maximum absolute atomic E-state index is 5.08. The Kier molecular flexibility index (Phi) is 6.18. The van der Waals surface area contributed by atoms with Crippen LogP contribution in [0.4, 0.5) is 0 Å². The zero-order valence-corrected chi connectivity index (χ0v) is 14.0. The fourth-order valence-electron chi connectivity index (χ4n) is 2.86. The summed E-state index contributed by atoms with van der Waals surface area (Å²) >= 11 is 1.91. The Morgan fingerprint density at radius 2 is 2.15 bits per heavy atom. The van der Waals surface area contributed by atoms with Crippen LogP contribution in [0.5, 0.6) is 0 Å². The summed E-state index contributed by atoms with van der Waals surface area (Å²) in [6.07, 6.45) is 5.35. The third-order valence-corrected chi connectivity index (χ3v) is 5.70. The number of methoxy groups -OCH3 is 1. The van der Waals surface area contributed by atoms with Crippen LogP contribution < -0.4 is 5.32 Å². The second-order valence-electron chi connectivity index (χ2n) is 6.36. The van der Waals surface area contributed by atoms with Crippen molar-refractivity contribution in [2.45, 2.75) is 38.1 Å². The number of ether oxygens (including phenoxy) is 1. The van der Waals surface area contributed by atoms with E-state index < -0.39 is 0 Å². The van der Waals surface area contributed by atoms with Crippen LogP contribution in [-0.2, 0) is 4.74 Å². The summed E-state index contributed by atoms with van der Waals surface area (Å²) in [6.45, 7) is 6.02. The van der Waals surface area contributed by atoms with Gasteiger partial charge in [0.1, 0.15) is 0 Å². The molecule has 0 amide bonds. The van der Waals surface area contributed by atoms with E-state index in [1.807, 2.05) is 11.8 Å². The Morgan fingerprint density at radius 3 is 2.85 bits per heavy atom. The molecule has 1 N–H and O–H groups in total. The van der Waals surface area contributed by atoms with Gasteiger partial charge in [0.25, 0.3) is 0 Å². The number of hydrogen-bond donors (Lipinski definition) is 1. The highest BCUT2D eigenvalue weighted by Crippen LogP contribution is 2.38. The van der Waals surface area contributed by atoms with E-state index in [0.717, 1.165) is 32.2 Å². The predicted octanol–water partition coefficient (Wildman–Crippen LogP) is 2.21. The summed E-state index contributed by atoms with van der Waals surface area (Å²) in [5.41, 5.74) is 0.359. The van der Waals surface area contributed by atoms with Gasteiger partial charge in [-0.05, 0) is 38.6 Å². The number of aliphatic imine (C=N–C) groups is 1. The van der Waals surface area contributed by atoms with Crippen LogP contribution in [0.15, 0.2) is 4.99 Å². The molecule has 0 bridgehead atoms. The number of thioether (sulfide) groups is 1. The Bertz CT molecular complexity index is 327. The first kappa shape index (κ1) is 16.1. The van der Waals surface area contributed by atoms with Crippen LogP contribution >= 0.6 is 11.8 Å². The largest absolute Gasteiger partial charge is 0.383 e. The van der Waals surface area contributed by atoms with Crippen LogP contribution in [0, 0.1) is 5.92 Å². The van der Waals surface area contributed by atoms with Gasteiger partial charge in [0, 0.05) is 31.5 Å². The topological polar surface area (TPSA) is 36.9 Å². The van der Waals surface area contributed by atoms with E-state index in [-0.39, 0.29) is 0 Å². The maximum atomic E-state index is 5.08. The Balaban J connectivity index is 1.71. The minimum atomic E-state index is 0.359. The first-order valence-corrected chi connectivity index (χ1v) is 8.75. The molecule has 1 aliphatic carbocycles. The molecule has 0 aromatic heterocycles. The highest BCUT2D eigenvalue weighted by molar-refractivity contribution is 8.14. The summed E-state index contributed by atoms with van der Waals surface area (Å²) in [7, 11) is 3.87. The molecule has 20 heavy (non-hydrogen) atoms. The van der Waals surface area contributed by atoms with Crippen molar-refractivity contribution in [1.29, 1.82) is 0 Å². The molecule has 2 aliphatic rings. The van der Waals surface area contributed by atoms with Gasteiger partial charge in [-0.2, -0.15) is 0 Å². The van der Waals surface area contributed by atoms with Gasteiger partial charge in [0.05, 0.1) is 13.2 Å². The molecular weight excluding hydrogens is 270 g/mol. The molecular formula is C15H29N3OS. The molecule has 2 fully saturated rings. The van der Waals surface area contributed by atoms with Crippen LogP contribution in [0.25, 0.3) is 0 Å². The van der Waals surface area contributed by atoms with Gasteiger partial charge >= 0.3 is 0 Å². The average Bonchev–Trinajstić information content (AvgIpc) is 2.84. The number of amidine groups is 1. The van der Waals surface area contributed by atoms with Crippen molar-refractivity contribution in [3.05, 3.63) is 0 Å². The summed E-state index contributed by atoms with van der Waals surface area (Å²) < 4.78 is 5.08. The smallest absolute Gasteiger partial charge is 0.157 e. The van der Waals surface area contributed by atoms with E-state index in [0.29, 0.717) is 5.54 Å². The summed E-state index contributed by atoms with van der Waals surface area (Å²) in [4.78, 5) is 6.99. The molecule has 1 saturated carbocycles. The Hall–Kier alpha value is -0.260. The van der Waals surface area contributed by atoms with Gasteiger partial charge in [-0.1, -0.05) is 18.7 Å². The van der Waals surface area contributed by atoms with E-state index in [9.17, 15) is 0 Å². The molecule has 1 saturated heterocycles. The van der Waals surface area contributed by atoms with Crippen molar-refractivity contribution in [1.82, 2.24) is 10.2 Å². The minimum absolute atomic E-state index is 0.359. The lowest BCUT2D eigenvalue weighted by Crippen LogP contribution is -2.46. The van der Waals surface area contributed by atoms with Crippen LogP contribution in [0.2, 0.25) is 0 Å². The normalized spacial score (nSPS) is 32.2. The first-order chi connectivity index (χ1) is 9.63. The summed E-state index contributed by atoms with van der Waals surface area (Å²) in [5, 5.41) is 4.88. The summed E-state index contributed by atoms with van der Waals surface area (Å²) in [5.74, 6) is 2.11. The summed E-state index contributed by atoms with van der Waals surface area (Å²) in [6, 6.07) is 0. The predicted molar refractivity (Wildman–Crippen MR) is 87.6 cm³/mol. The molecule has 116 valence electrons. The number of nitrogens with one attached hydrogen (secondary N) is 1. The molecule has 1 heterocycles. The quantitative estimate of drug-likeness (QED) is 0.816. The zero-order valence-electron chi connectivity index (χ0n) is 13.2. The lowest BCUT2D eigenvalue weighted by atomic mass is 9.78. The van der Waals surface area contributed by atoms with E-state index in [2.05, 4.69) is 24.2 Å². The average molecular weight is 299 g/mol. The van der Waals surface area contributed by atoms with Crippen molar-refractivity contribution in [3.63, 3.8) is 0 Å². The van der Waals surface area contributed by atoms with Gasteiger partial charge in [-0.25, -0.2) is 0 Å².